The fourth-order valence-corrected chi connectivity index (χ4v) is 5.55. The molecule has 2 aromatic carbocycles. The van der Waals surface area contributed by atoms with E-state index in [1.54, 1.807) is 19.1 Å². The van der Waals surface area contributed by atoms with Crippen LogP contribution in [-0.4, -0.2) is 60.2 Å². The van der Waals surface area contributed by atoms with Crippen molar-refractivity contribution >= 4 is 17.0 Å². The van der Waals surface area contributed by atoms with Gasteiger partial charge in [0.15, 0.2) is 0 Å². The van der Waals surface area contributed by atoms with E-state index < -0.39 is 55.9 Å². The number of aromatic amines is 1. The number of methoxy groups -OCH3 is 1. The number of rotatable bonds is 11. The van der Waals surface area contributed by atoms with Crippen LogP contribution in [0, 0.1) is 12.8 Å². The maximum absolute atomic E-state index is 15.9. The predicted molar refractivity (Wildman–Crippen MR) is 144 cm³/mol. The van der Waals surface area contributed by atoms with Crippen LogP contribution in [0.1, 0.15) is 67.0 Å². The van der Waals surface area contributed by atoms with Gasteiger partial charge in [-0.1, -0.05) is 43.7 Å². The summed E-state index contributed by atoms with van der Waals surface area (Å²) in [6.45, 7) is 0.194. The molecular weight excluding hydrogens is 488 g/mol. The molecule has 1 N–H and O–H groups in total. The summed E-state index contributed by atoms with van der Waals surface area (Å²) in [5.41, 5.74) is 0.364. The number of H-pyrrole nitrogens is 1. The Balaban J connectivity index is 1.68. The molecule has 38 heavy (non-hydrogen) atoms. The summed E-state index contributed by atoms with van der Waals surface area (Å²) in [7, 11) is 2.57. The Morgan fingerprint density at radius 1 is 1.26 bits per heavy atom. The Bertz CT molecular complexity index is 1400. The van der Waals surface area contributed by atoms with E-state index >= 15 is 8.78 Å². The van der Waals surface area contributed by atoms with Gasteiger partial charge in [-0.3, -0.25) is 0 Å². The molecule has 0 bridgehead atoms. The van der Waals surface area contributed by atoms with E-state index in [2.05, 4.69) is 9.97 Å². The zero-order chi connectivity index (χ0) is 31.1. The number of esters is 1. The van der Waals surface area contributed by atoms with Crippen LogP contribution in [0.3, 0.4) is 0 Å². The van der Waals surface area contributed by atoms with Gasteiger partial charge in [0.25, 0.3) is 5.92 Å². The second kappa shape index (κ2) is 11.5. The van der Waals surface area contributed by atoms with Crippen LogP contribution in [-0.2, 0) is 26.6 Å². The highest BCUT2D eigenvalue weighted by Crippen LogP contribution is 2.55. The summed E-state index contributed by atoms with van der Waals surface area (Å²) >= 11 is 0. The van der Waals surface area contributed by atoms with Crippen molar-refractivity contribution in [3.63, 3.8) is 0 Å². The summed E-state index contributed by atoms with van der Waals surface area (Å²) in [6.07, 6.45) is -1.55. The lowest BCUT2D eigenvalue weighted by Gasteiger charge is -2.49. The maximum Gasteiger partial charge on any atom is 0.332 e. The number of aryl methyl sites for hydroxylation is 2. The van der Waals surface area contributed by atoms with Gasteiger partial charge in [-0.2, -0.15) is 0 Å². The van der Waals surface area contributed by atoms with Crippen molar-refractivity contribution in [1.29, 1.82) is 0 Å². The normalized spacial score (nSPS) is 23.0. The first kappa shape index (κ1) is 23.1. The number of nitrogens with one attached hydrogen (secondary N) is 1. The predicted octanol–water partition coefficient (Wildman–Crippen LogP) is 5.99. The Kier molecular flexibility index (Phi) is 6.98. The molecule has 6 nitrogen and oxygen atoms in total. The van der Waals surface area contributed by atoms with E-state index in [1.165, 1.54) is 20.2 Å². The number of hydrogen-bond acceptors (Lipinski definition) is 5. The van der Waals surface area contributed by atoms with Crippen LogP contribution < -0.4 is 0 Å². The highest BCUT2D eigenvalue weighted by atomic mass is 19.3. The van der Waals surface area contributed by atoms with Crippen molar-refractivity contribution in [2.75, 3.05) is 33.8 Å². The Morgan fingerprint density at radius 2 is 2.03 bits per heavy atom. The average Bonchev–Trinajstić information content (AvgIpc) is 3.30. The standard InChI is InChI=1S/C30H39F2N3O3/c1-20(2)28-22-13-12-21(3)17-23(22)30(31,32)19-29(28,38-27(36)18-37-5)14-16-35(4)15-8-11-26-33-24-9-6-7-10-25(24)34-26/h6-7,9-10,12-13,17,20,28H,8,11,14-16,18-19H2,1-5H3,(H,33,34)/t28-,29+/m0/s1/i15D2,16D2. The van der Waals surface area contributed by atoms with Crippen molar-refractivity contribution in [3.8, 4) is 0 Å². The first-order chi connectivity index (χ1) is 19.5. The van der Waals surface area contributed by atoms with Crippen LogP contribution in [0.2, 0.25) is 0 Å². The lowest BCUT2D eigenvalue weighted by atomic mass is 9.64. The van der Waals surface area contributed by atoms with Crippen molar-refractivity contribution in [2.24, 2.45) is 5.92 Å². The monoisotopic (exact) mass is 531 g/mol. The van der Waals surface area contributed by atoms with E-state index in [4.69, 9.17) is 15.0 Å². The molecule has 1 aromatic heterocycles. The van der Waals surface area contributed by atoms with E-state index in [0.29, 0.717) is 17.0 Å². The third-order valence-electron chi connectivity index (χ3n) is 7.04. The summed E-state index contributed by atoms with van der Waals surface area (Å²) in [6, 6.07) is 12.2. The minimum atomic E-state index is -3.42. The van der Waals surface area contributed by atoms with Gasteiger partial charge >= 0.3 is 5.97 Å². The van der Waals surface area contributed by atoms with Crippen LogP contribution in [0.25, 0.3) is 11.0 Å². The van der Waals surface area contributed by atoms with Gasteiger partial charge in [-0.25, -0.2) is 18.6 Å². The minimum Gasteiger partial charge on any atom is -0.456 e. The maximum atomic E-state index is 15.9. The van der Waals surface area contributed by atoms with Crippen LogP contribution in [0.15, 0.2) is 42.5 Å². The number of para-hydroxylation sites is 2. The molecule has 0 saturated carbocycles. The van der Waals surface area contributed by atoms with E-state index in [-0.39, 0.29) is 24.3 Å². The van der Waals surface area contributed by atoms with E-state index in [0.717, 1.165) is 15.9 Å². The second-order valence-corrected chi connectivity index (χ2v) is 10.4. The SMILES string of the molecule is [2H]C([2H])(CCc1nc2ccccc2[nH]1)N(C)C([2H])([2H])C[C@@]1(OC(=O)COC)CC(F)(F)c2cc(C)ccc2[C@@H]1C(C)C. The van der Waals surface area contributed by atoms with Gasteiger partial charge in [0.1, 0.15) is 18.0 Å². The molecule has 1 aliphatic rings. The summed E-state index contributed by atoms with van der Waals surface area (Å²) in [5, 5.41) is 0. The molecule has 0 unspecified atom stereocenters. The lowest BCUT2D eigenvalue weighted by Crippen LogP contribution is -2.52. The fourth-order valence-electron chi connectivity index (χ4n) is 5.55. The van der Waals surface area contributed by atoms with Gasteiger partial charge in [-0.05, 0) is 56.6 Å². The quantitative estimate of drug-likeness (QED) is 0.308. The van der Waals surface area contributed by atoms with Crippen LogP contribution in [0.4, 0.5) is 8.78 Å². The number of ether oxygens (including phenoxy) is 2. The van der Waals surface area contributed by atoms with E-state index in [1.807, 2.05) is 38.1 Å². The molecule has 0 aliphatic heterocycles. The first-order valence-electron chi connectivity index (χ1n) is 14.9. The molecule has 0 radical (unpaired) electrons. The minimum absolute atomic E-state index is 0.120. The molecule has 2 atom stereocenters. The Morgan fingerprint density at radius 3 is 2.74 bits per heavy atom. The van der Waals surface area contributed by atoms with Gasteiger partial charge in [0, 0.05) is 43.4 Å². The molecule has 3 aromatic rings. The van der Waals surface area contributed by atoms with Crippen molar-refractivity contribution < 1.29 is 28.5 Å². The molecular formula is C30H39F2N3O3. The van der Waals surface area contributed by atoms with Crippen molar-refractivity contribution in [2.45, 2.75) is 63.9 Å². The van der Waals surface area contributed by atoms with Crippen LogP contribution >= 0.6 is 0 Å². The fraction of sp³-hybridized carbons (Fsp3) is 0.533. The number of aromatic nitrogens is 2. The summed E-state index contributed by atoms with van der Waals surface area (Å²) in [4.78, 5) is 21.4. The number of carbonyl (C=O) groups is 1. The molecule has 1 heterocycles. The molecule has 206 valence electrons. The third kappa shape index (κ3) is 6.07. The Hall–Kier alpha value is -2.84. The molecule has 8 heteroatoms. The second-order valence-electron chi connectivity index (χ2n) is 10.4. The topological polar surface area (TPSA) is 67.5 Å². The van der Waals surface area contributed by atoms with Gasteiger partial charge < -0.3 is 19.4 Å². The average molecular weight is 532 g/mol. The van der Waals surface area contributed by atoms with Crippen molar-refractivity contribution in [1.82, 2.24) is 14.9 Å². The first-order valence-corrected chi connectivity index (χ1v) is 12.9. The molecule has 0 fully saturated rings. The highest BCUT2D eigenvalue weighted by Gasteiger charge is 2.57. The van der Waals surface area contributed by atoms with Crippen molar-refractivity contribution in [3.05, 3.63) is 65.0 Å². The van der Waals surface area contributed by atoms with Gasteiger partial charge in [0.05, 0.1) is 17.5 Å². The van der Waals surface area contributed by atoms with E-state index in [9.17, 15) is 4.79 Å². The van der Waals surface area contributed by atoms with Gasteiger partial charge in [0.2, 0.25) is 0 Å². The number of hydrogen-bond donors (Lipinski definition) is 1. The number of fused-ring (bicyclic) bond motifs is 2. The molecule has 0 amide bonds. The highest BCUT2D eigenvalue weighted by molar-refractivity contribution is 5.74. The number of benzene rings is 2. The smallest absolute Gasteiger partial charge is 0.332 e. The number of carbonyl (C=O) groups excluding carboxylic acids is 1. The summed E-state index contributed by atoms with van der Waals surface area (Å²) in [5.74, 6) is -4.85. The van der Waals surface area contributed by atoms with Gasteiger partial charge in [-0.15, -0.1) is 0 Å². The number of alkyl halides is 2. The number of halogens is 2. The number of nitrogens with zero attached hydrogens (tertiary/aromatic N) is 2. The van der Waals surface area contributed by atoms with Crippen LogP contribution in [0.5, 0.6) is 0 Å². The largest absolute Gasteiger partial charge is 0.456 e. The summed E-state index contributed by atoms with van der Waals surface area (Å²) < 4.78 is 78.1. The number of imidazole rings is 1. The molecule has 0 spiro atoms. The zero-order valence-electron chi connectivity index (χ0n) is 26.6. The lowest BCUT2D eigenvalue weighted by molar-refractivity contribution is -0.188. The molecule has 1 aliphatic carbocycles. The Labute approximate surface area is 229 Å². The third-order valence-corrected chi connectivity index (χ3v) is 7.04. The molecule has 4 rings (SSSR count). The zero-order valence-corrected chi connectivity index (χ0v) is 22.6. The molecule has 0 saturated heterocycles.